The Bertz CT molecular complexity index is 803. The first kappa shape index (κ1) is 19.3. The Hall–Kier alpha value is -2.45. The highest BCUT2D eigenvalue weighted by atomic mass is 32.1. The van der Waals surface area contributed by atoms with Crippen LogP contribution in [0.25, 0.3) is 10.6 Å². The third kappa shape index (κ3) is 5.05. The fraction of sp³-hybridized carbons (Fsp3) is 0.421. The molecule has 1 fully saturated rings. The maximum absolute atomic E-state index is 12.7. The molecule has 1 N–H and O–H groups in total. The van der Waals surface area contributed by atoms with Crippen molar-refractivity contribution < 1.29 is 24.2 Å². The van der Waals surface area contributed by atoms with Crippen LogP contribution in [0.2, 0.25) is 0 Å². The van der Waals surface area contributed by atoms with E-state index >= 15 is 0 Å². The van der Waals surface area contributed by atoms with Gasteiger partial charge >= 0.3 is 5.97 Å². The number of carboxylic acid groups (broad SMARTS) is 1. The van der Waals surface area contributed by atoms with Crippen molar-refractivity contribution in [1.82, 2.24) is 9.88 Å². The van der Waals surface area contributed by atoms with Gasteiger partial charge < -0.3 is 19.5 Å². The van der Waals surface area contributed by atoms with E-state index in [-0.39, 0.29) is 25.0 Å². The van der Waals surface area contributed by atoms with Gasteiger partial charge in [-0.25, -0.2) is 4.98 Å². The van der Waals surface area contributed by atoms with Gasteiger partial charge in [0, 0.05) is 24.0 Å². The molecule has 0 aliphatic carbocycles. The maximum Gasteiger partial charge on any atom is 0.306 e. The average Bonchev–Trinajstić information content (AvgIpc) is 3.11. The molecule has 1 saturated heterocycles. The molecule has 0 saturated carbocycles. The number of hydrogen-bond acceptors (Lipinski definition) is 6. The van der Waals surface area contributed by atoms with Crippen LogP contribution in [0.3, 0.4) is 0 Å². The highest BCUT2D eigenvalue weighted by Crippen LogP contribution is 2.27. The highest BCUT2D eigenvalue weighted by Gasteiger charge is 2.27. The molecular weight excluding hydrogens is 368 g/mol. The Labute approximate surface area is 161 Å². The molecule has 2 aromatic rings. The Morgan fingerprint density at radius 2 is 2.11 bits per heavy atom. The lowest BCUT2D eigenvalue weighted by atomic mass is 10.2. The van der Waals surface area contributed by atoms with Crippen LogP contribution in [0.1, 0.15) is 30.8 Å². The van der Waals surface area contributed by atoms with Crippen molar-refractivity contribution in [2.24, 2.45) is 0 Å². The van der Waals surface area contributed by atoms with Crippen molar-refractivity contribution in [3.8, 4) is 16.3 Å². The predicted molar refractivity (Wildman–Crippen MR) is 101 cm³/mol. The Kier molecular flexibility index (Phi) is 6.08. The number of hydrogen-bond donors (Lipinski definition) is 1. The van der Waals surface area contributed by atoms with Crippen LogP contribution in [0.15, 0.2) is 29.6 Å². The summed E-state index contributed by atoms with van der Waals surface area (Å²) in [6, 6.07) is 7.61. The van der Waals surface area contributed by atoms with Crippen LogP contribution in [0.5, 0.6) is 5.75 Å². The molecule has 1 aliphatic heterocycles. The van der Waals surface area contributed by atoms with Crippen LogP contribution in [-0.4, -0.2) is 58.8 Å². The number of carbonyl (C=O) groups excluding carboxylic acids is 1. The molecule has 7 nitrogen and oxygen atoms in total. The Morgan fingerprint density at radius 3 is 2.78 bits per heavy atom. The summed E-state index contributed by atoms with van der Waals surface area (Å²) in [5.41, 5.74) is 1.29. The second kappa shape index (κ2) is 8.49. The lowest BCUT2D eigenvalue weighted by Gasteiger charge is -2.31. The van der Waals surface area contributed by atoms with Crippen LogP contribution in [-0.2, 0) is 9.53 Å². The number of morpholine rings is 1. The molecule has 144 valence electrons. The van der Waals surface area contributed by atoms with E-state index < -0.39 is 12.1 Å². The number of carboxylic acids is 1. The SMILES string of the molecule is CC(C)Oc1ccc(-c2nc(C(=O)N3CCO[C@H](CC(=O)O)C3)cs2)cc1. The van der Waals surface area contributed by atoms with Crippen LogP contribution in [0.4, 0.5) is 0 Å². The molecule has 1 aromatic carbocycles. The van der Waals surface area contributed by atoms with Gasteiger partial charge in [-0.15, -0.1) is 11.3 Å². The number of amides is 1. The van der Waals surface area contributed by atoms with E-state index in [2.05, 4.69) is 4.98 Å². The van der Waals surface area contributed by atoms with Crippen molar-refractivity contribution in [1.29, 1.82) is 0 Å². The predicted octanol–water partition coefficient (Wildman–Crippen LogP) is 2.91. The number of rotatable bonds is 6. The molecule has 3 rings (SSSR count). The zero-order valence-electron chi connectivity index (χ0n) is 15.3. The molecule has 8 heteroatoms. The summed E-state index contributed by atoms with van der Waals surface area (Å²) in [6.07, 6.45) is -0.484. The number of aliphatic carboxylic acids is 1. The summed E-state index contributed by atoms with van der Waals surface area (Å²) >= 11 is 1.40. The van der Waals surface area contributed by atoms with E-state index in [1.807, 2.05) is 38.1 Å². The van der Waals surface area contributed by atoms with Gasteiger partial charge in [0.1, 0.15) is 16.5 Å². The number of aromatic nitrogens is 1. The molecule has 0 bridgehead atoms. The zero-order valence-corrected chi connectivity index (χ0v) is 16.1. The number of benzene rings is 1. The minimum Gasteiger partial charge on any atom is -0.491 e. The second-order valence-electron chi connectivity index (χ2n) is 6.57. The van der Waals surface area contributed by atoms with E-state index in [9.17, 15) is 9.59 Å². The molecule has 0 radical (unpaired) electrons. The third-order valence-electron chi connectivity index (χ3n) is 4.02. The lowest BCUT2D eigenvalue weighted by molar-refractivity contribution is -0.141. The zero-order chi connectivity index (χ0) is 19.4. The minimum absolute atomic E-state index is 0.110. The Balaban J connectivity index is 1.67. The van der Waals surface area contributed by atoms with Crippen molar-refractivity contribution in [2.75, 3.05) is 19.7 Å². The number of nitrogens with zero attached hydrogens (tertiary/aromatic N) is 2. The summed E-state index contributed by atoms with van der Waals surface area (Å²) in [4.78, 5) is 29.6. The van der Waals surface area contributed by atoms with Crippen molar-refractivity contribution in [2.45, 2.75) is 32.5 Å². The van der Waals surface area contributed by atoms with Crippen molar-refractivity contribution in [3.63, 3.8) is 0 Å². The van der Waals surface area contributed by atoms with E-state index in [4.69, 9.17) is 14.6 Å². The smallest absolute Gasteiger partial charge is 0.306 e. The molecule has 2 heterocycles. The lowest BCUT2D eigenvalue weighted by Crippen LogP contribution is -2.46. The molecule has 1 aromatic heterocycles. The van der Waals surface area contributed by atoms with Gasteiger partial charge in [0.2, 0.25) is 0 Å². The molecule has 0 spiro atoms. The van der Waals surface area contributed by atoms with E-state index in [1.54, 1.807) is 10.3 Å². The molecule has 1 aliphatic rings. The van der Waals surface area contributed by atoms with Crippen LogP contribution < -0.4 is 4.74 Å². The molecule has 0 unspecified atom stereocenters. The fourth-order valence-corrected chi connectivity index (χ4v) is 3.64. The van der Waals surface area contributed by atoms with Gasteiger partial charge in [0.25, 0.3) is 5.91 Å². The van der Waals surface area contributed by atoms with E-state index in [0.29, 0.717) is 18.8 Å². The van der Waals surface area contributed by atoms with E-state index in [0.717, 1.165) is 16.3 Å². The fourth-order valence-electron chi connectivity index (χ4n) is 2.84. The number of thiazole rings is 1. The molecule has 1 amide bonds. The Morgan fingerprint density at radius 1 is 1.37 bits per heavy atom. The molecule has 1 atom stereocenters. The standard InChI is InChI=1S/C19H22N2O5S/c1-12(2)26-14-5-3-13(4-6-14)18-20-16(11-27-18)19(24)21-7-8-25-15(10-21)9-17(22)23/h3-6,11-12,15H,7-10H2,1-2H3,(H,22,23)/t15-/m1/s1. The summed E-state index contributed by atoms with van der Waals surface area (Å²) < 4.78 is 11.0. The first-order chi connectivity index (χ1) is 12.9. The third-order valence-corrected chi connectivity index (χ3v) is 4.92. The normalized spacial score (nSPS) is 17.1. The molecule has 27 heavy (non-hydrogen) atoms. The van der Waals surface area contributed by atoms with Crippen molar-refractivity contribution in [3.05, 3.63) is 35.3 Å². The highest BCUT2D eigenvalue weighted by molar-refractivity contribution is 7.13. The largest absolute Gasteiger partial charge is 0.491 e. The quantitative estimate of drug-likeness (QED) is 0.816. The summed E-state index contributed by atoms with van der Waals surface area (Å²) in [7, 11) is 0. The van der Waals surface area contributed by atoms with Crippen LogP contribution >= 0.6 is 11.3 Å². The number of ether oxygens (including phenoxy) is 2. The minimum atomic E-state index is -0.935. The van der Waals surface area contributed by atoms with Gasteiger partial charge in [0.05, 0.1) is 25.2 Å². The average molecular weight is 390 g/mol. The first-order valence-corrected chi connectivity index (χ1v) is 9.65. The van der Waals surface area contributed by atoms with Gasteiger partial charge in [-0.1, -0.05) is 0 Å². The second-order valence-corrected chi connectivity index (χ2v) is 7.43. The number of carbonyl (C=O) groups is 2. The van der Waals surface area contributed by atoms with Gasteiger partial charge in [-0.2, -0.15) is 0 Å². The topological polar surface area (TPSA) is 89.0 Å². The maximum atomic E-state index is 12.7. The van der Waals surface area contributed by atoms with Gasteiger partial charge in [0.15, 0.2) is 0 Å². The summed E-state index contributed by atoms with van der Waals surface area (Å²) in [6.45, 7) is 4.97. The summed E-state index contributed by atoms with van der Waals surface area (Å²) in [5.74, 6) is -0.342. The van der Waals surface area contributed by atoms with Crippen LogP contribution in [0, 0.1) is 0 Å². The monoisotopic (exact) mass is 390 g/mol. The van der Waals surface area contributed by atoms with Gasteiger partial charge in [-0.3, -0.25) is 9.59 Å². The first-order valence-electron chi connectivity index (χ1n) is 8.77. The summed E-state index contributed by atoms with van der Waals surface area (Å²) in [5, 5.41) is 11.4. The van der Waals surface area contributed by atoms with Crippen molar-refractivity contribution >= 4 is 23.2 Å². The van der Waals surface area contributed by atoms with Gasteiger partial charge in [-0.05, 0) is 38.1 Å². The molecular formula is C19H22N2O5S. The van der Waals surface area contributed by atoms with E-state index in [1.165, 1.54) is 11.3 Å².